The second-order valence-corrected chi connectivity index (χ2v) is 6.78. The van der Waals surface area contributed by atoms with Gasteiger partial charge in [0.15, 0.2) is 5.60 Å². The number of aromatic nitrogens is 3. The Morgan fingerprint density at radius 1 is 1.35 bits per heavy atom. The van der Waals surface area contributed by atoms with Crippen molar-refractivity contribution in [1.29, 1.82) is 0 Å². The Labute approximate surface area is 117 Å². The van der Waals surface area contributed by atoms with Gasteiger partial charge in [0, 0.05) is 32.7 Å². The minimum absolute atomic E-state index is 0.482. The van der Waals surface area contributed by atoms with Crippen LogP contribution in [0, 0.1) is 0 Å². The maximum Gasteiger partial charge on any atom is 0.308 e. The fraction of sp³-hybridized carbons (Fsp3) is 0.333. The molecule has 7 nitrogen and oxygen atoms in total. The first-order valence-electron chi connectivity index (χ1n) is 5.99. The highest BCUT2D eigenvalue weighted by molar-refractivity contribution is 7.87. The lowest BCUT2D eigenvalue weighted by Gasteiger charge is -2.11. The number of nitrogens with zero attached hydrogens (tertiary/aromatic N) is 4. The van der Waals surface area contributed by atoms with E-state index in [0.29, 0.717) is 12.3 Å². The molecule has 2 aromatic rings. The van der Waals surface area contributed by atoms with Crippen molar-refractivity contribution in [1.82, 2.24) is 18.2 Å². The van der Waals surface area contributed by atoms with Gasteiger partial charge in [0.25, 0.3) is 0 Å². The molecule has 1 fully saturated rings. The lowest BCUT2D eigenvalue weighted by atomic mass is 9.98. The van der Waals surface area contributed by atoms with E-state index < -0.39 is 15.8 Å². The Bertz CT molecular complexity index is 720. The second-order valence-electron chi connectivity index (χ2n) is 4.73. The van der Waals surface area contributed by atoms with E-state index >= 15 is 0 Å². The SMILES string of the molecule is CN(C)S(=O)(=O)n1cnc(C2(c3ccncc3)CO2)c1. The van der Waals surface area contributed by atoms with Gasteiger partial charge in [0.05, 0.1) is 12.3 Å². The Morgan fingerprint density at radius 2 is 2.00 bits per heavy atom. The van der Waals surface area contributed by atoms with Gasteiger partial charge in [-0.1, -0.05) is 0 Å². The van der Waals surface area contributed by atoms with Crippen LogP contribution in [0.4, 0.5) is 0 Å². The number of epoxide rings is 1. The molecule has 20 heavy (non-hydrogen) atoms. The molecule has 0 saturated carbocycles. The van der Waals surface area contributed by atoms with E-state index in [-0.39, 0.29) is 0 Å². The first-order valence-corrected chi connectivity index (χ1v) is 7.38. The van der Waals surface area contributed by atoms with Crippen LogP contribution in [-0.2, 0) is 20.5 Å². The zero-order valence-electron chi connectivity index (χ0n) is 11.1. The summed E-state index contributed by atoms with van der Waals surface area (Å²) in [6, 6.07) is 3.68. The van der Waals surface area contributed by atoms with Gasteiger partial charge in [-0.05, 0) is 17.7 Å². The van der Waals surface area contributed by atoms with Gasteiger partial charge in [-0.25, -0.2) is 8.96 Å². The second kappa shape index (κ2) is 4.37. The maximum atomic E-state index is 12.0. The molecule has 0 N–H and O–H groups in total. The molecule has 1 atom stereocenters. The fourth-order valence-electron chi connectivity index (χ4n) is 1.99. The molecule has 0 aromatic carbocycles. The molecule has 1 aliphatic rings. The zero-order valence-corrected chi connectivity index (χ0v) is 11.9. The van der Waals surface area contributed by atoms with Gasteiger partial charge in [0.2, 0.25) is 0 Å². The zero-order chi connectivity index (χ0) is 14.4. The molecule has 0 aliphatic carbocycles. The number of rotatable bonds is 4. The summed E-state index contributed by atoms with van der Waals surface area (Å²) in [5.74, 6) is 0. The predicted molar refractivity (Wildman–Crippen MR) is 71.2 cm³/mol. The highest BCUT2D eigenvalue weighted by atomic mass is 32.2. The van der Waals surface area contributed by atoms with Crippen molar-refractivity contribution in [3.05, 3.63) is 48.3 Å². The first kappa shape index (κ1) is 13.2. The summed E-state index contributed by atoms with van der Waals surface area (Å²) >= 11 is 0. The highest BCUT2D eigenvalue weighted by Crippen LogP contribution is 2.43. The highest BCUT2D eigenvalue weighted by Gasteiger charge is 2.50. The quantitative estimate of drug-likeness (QED) is 0.753. The van der Waals surface area contributed by atoms with Crippen LogP contribution in [0.3, 0.4) is 0 Å². The van der Waals surface area contributed by atoms with Crippen molar-refractivity contribution in [2.75, 3.05) is 20.7 Å². The summed E-state index contributed by atoms with van der Waals surface area (Å²) in [5.41, 5.74) is 0.852. The number of imidazole rings is 1. The molecule has 3 heterocycles. The molecule has 1 saturated heterocycles. The van der Waals surface area contributed by atoms with Crippen LogP contribution in [0.2, 0.25) is 0 Å². The third-order valence-electron chi connectivity index (χ3n) is 3.28. The third-order valence-corrected chi connectivity index (χ3v) is 4.94. The van der Waals surface area contributed by atoms with Crippen LogP contribution in [0.1, 0.15) is 11.3 Å². The first-order chi connectivity index (χ1) is 9.47. The molecule has 106 valence electrons. The Morgan fingerprint density at radius 3 is 2.55 bits per heavy atom. The number of hydrogen-bond donors (Lipinski definition) is 0. The van der Waals surface area contributed by atoms with E-state index in [2.05, 4.69) is 9.97 Å². The van der Waals surface area contributed by atoms with Crippen molar-refractivity contribution in [2.45, 2.75) is 5.60 Å². The molecular weight excluding hydrogens is 280 g/mol. The van der Waals surface area contributed by atoms with Gasteiger partial charge in [0.1, 0.15) is 6.33 Å². The molecule has 1 aliphatic heterocycles. The van der Waals surface area contributed by atoms with Gasteiger partial charge in [-0.15, -0.1) is 0 Å². The summed E-state index contributed by atoms with van der Waals surface area (Å²) in [6.45, 7) is 0.482. The molecular formula is C12H14N4O3S. The van der Waals surface area contributed by atoms with Gasteiger partial charge < -0.3 is 4.74 Å². The van der Waals surface area contributed by atoms with Crippen molar-refractivity contribution < 1.29 is 13.2 Å². The van der Waals surface area contributed by atoms with E-state index in [4.69, 9.17) is 4.74 Å². The normalized spacial score (nSPS) is 22.1. The van der Waals surface area contributed by atoms with Gasteiger partial charge in [-0.2, -0.15) is 12.7 Å². The molecule has 1 unspecified atom stereocenters. The number of hydrogen-bond acceptors (Lipinski definition) is 5. The maximum absolute atomic E-state index is 12.0. The van der Waals surface area contributed by atoms with Crippen LogP contribution in [0.25, 0.3) is 0 Å². The van der Waals surface area contributed by atoms with E-state index in [0.717, 1.165) is 13.8 Å². The molecule has 0 amide bonds. The Balaban J connectivity index is 2.00. The number of ether oxygens (including phenoxy) is 1. The molecule has 8 heteroatoms. The van der Waals surface area contributed by atoms with Crippen molar-refractivity contribution in [2.24, 2.45) is 0 Å². The lowest BCUT2D eigenvalue weighted by molar-refractivity contribution is 0.344. The molecule has 2 aromatic heterocycles. The third kappa shape index (κ3) is 1.92. The van der Waals surface area contributed by atoms with Crippen molar-refractivity contribution in [3.8, 4) is 0 Å². The van der Waals surface area contributed by atoms with Crippen molar-refractivity contribution >= 4 is 10.2 Å². The van der Waals surface area contributed by atoms with E-state index in [1.54, 1.807) is 12.4 Å². The average Bonchev–Trinajstić information content (AvgIpc) is 3.09. The topological polar surface area (TPSA) is 80.6 Å². The minimum Gasteiger partial charge on any atom is -0.358 e. The van der Waals surface area contributed by atoms with E-state index in [9.17, 15) is 8.42 Å². The summed E-state index contributed by atoms with van der Waals surface area (Å²) < 4.78 is 31.8. The van der Waals surface area contributed by atoms with Gasteiger partial charge >= 0.3 is 10.2 Å². The minimum atomic E-state index is -3.55. The fourth-order valence-corrected chi connectivity index (χ4v) is 2.76. The molecule has 0 spiro atoms. The van der Waals surface area contributed by atoms with Crippen LogP contribution < -0.4 is 0 Å². The summed E-state index contributed by atoms with van der Waals surface area (Å²) in [7, 11) is -0.604. The summed E-state index contributed by atoms with van der Waals surface area (Å²) in [6.07, 6.45) is 6.12. The van der Waals surface area contributed by atoms with Crippen LogP contribution in [0.15, 0.2) is 37.1 Å². The summed E-state index contributed by atoms with van der Waals surface area (Å²) in [5, 5.41) is 0. The van der Waals surface area contributed by atoms with E-state index in [1.807, 2.05) is 12.1 Å². The molecule has 3 rings (SSSR count). The lowest BCUT2D eigenvalue weighted by Crippen LogP contribution is -2.27. The summed E-state index contributed by atoms with van der Waals surface area (Å²) in [4.78, 5) is 8.15. The standard InChI is InChI=1S/C12H14N4O3S/c1-15(2)20(17,18)16-7-11(14-9-16)12(8-19-12)10-3-5-13-6-4-10/h3-7,9H,8H2,1-2H3. The predicted octanol–water partition coefficient (Wildman–Crippen LogP) is 0.206. The van der Waals surface area contributed by atoms with Gasteiger partial charge in [-0.3, -0.25) is 4.98 Å². The largest absolute Gasteiger partial charge is 0.358 e. The average molecular weight is 294 g/mol. The Hall–Kier alpha value is -1.77. The van der Waals surface area contributed by atoms with Crippen LogP contribution in [0.5, 0.6) is 0 Å². The molecule has 0 bridgehead atoms. The van der Waals surface area contributed by atoms with Crippen molar-refractivity contribution in [3.63, 3.8) is 0 Å². The Kier molecular flexibility index (Phi) is 2.89. The van der Waals surface area contributed by atoms with E-state index in [1.165, 1.54) is 26.6 Å². The number of pyridine rings is 1. The molecule has 0 radical (unpaired) electrons. The van der Waals surface area contributed by atoms with Crippen LogP contribution >= 0.6 is 0 Å². The smallest absolute Gasteiger partial charge is 0.308 e. The van der Waals surface area contributed by atoms with Crippen LogP contribution in [-0.4, -0.2) is 47.4 Å². The monoisotopic (exact) mass is 294 g/mol.